The lowest BCUT2D eigenvalue weighted by atomic mass is 10.1. The first-order valence-corrected chi connectivity index (χ1v) is 7.02. The molecular formula is C13H13BrClN3O. The van der Waals surface area contributed by atoms with Crippen molar-refractivity contribution in [2.75, 3.05) is 5.73 Å². The van der Waals surface area contributed by atoms with Crippen LogP contribution in [0.1, 0.15) is 29.4 Å². The summed E-state index contributed by atoms with van der Waals surface area (Å²) in [6, 6.07) is 5.06. The minimum atomic E-state index is -0.156. The van der Waals surface area contributed by atoms with Crippen molar-refractivity contribution in [3.05, 3.63) is 45.1 Å². The van der Waals surface area contributed by atoms with Crippen LogP contribution in [0.3, 0.4) is 0 Å². The highest BCUT2D eigenvalue weighted by molar-refractivity contribution is 9.10. The van der Waals surface area contributed by atoms with Crippen LogP contribution in [0.2, 0.25) is 5.02 Å². The number of nitrogen functional groups attached to an aromatic ring is 1. The maximum atomic E-state index is 12.5. The fraction of sp³-hybridized carbons (Fsp3) is 0.231. The summed E-state index contributed by atoms with van der Waals surface area (Å²) in [5, 5.41) is 4.49. The summed E-state index contributed by atoms with van der Waals surface area (Å²) in [6.45, 7) is 2.67. The van der Waals surface area contributed by atoms with E-state index >= 15 is 0 Å². The average Bonchev–Trinajstić information content (AvgIpc) is 2.74. The first kappa shape index (κ1) is 14.1. The van der Waals surface area contributed by atoms with Crippen molar-refractivity contribution >= 4 is 39.0 Å². The molecule has 0 aliphatic rings. The van der Waals surface area contributed by atoms with Gasteiger partial charge in [0.15, 0.2) is 0 Å². The first-order chi connectivity index (χ1) is 9.04. The molecule has 1 aromatic carbocycles. The first-order valence-electron chi connectivity index (χ1n) is 5.85. The van der Waals surface area contributed by atoms with E-state index in [0.717, 1.165) is 6.42 Å². The van der Waals surface area contributed by atoms with Crippen molar-refractivity contribution < 1.29 is 4.79 Å². The molecule has 1 aromatic heterocycles. The van der Waals surface area contributed by atoms with Gasteiger partial charge in [-0.1, -0.05) is 18.5 Å². The molecule has 0 saturated carbocycles. The van der Waals surface area contributed by atoms with E-state index < -0.39 is 0 Å². The van der Waals surface area contributed by atoms with Gasteiger partial charge in [-0.05, 0) is 40.5 Å². The lowest BCUT2D eigenvalue weighted by Gasteiger charge is -2.07. The fourth-order valence-corrected chi connectivity index (χ4v) is 2.38. The maximum Gasteiger partial charge on any atom is 0.212 e. The summed E-state index contributed by atoms with van der Waals surface area (Å²) in [5.41, 5.74) is 7.25. The van der Waals surface area contributed by atoms with Crippen LogP contribution < -0.4 is 5.73 Å². The molecule has 0 fully saturated rings. The molecule has 0 aliphatic heterocycles. The number of aromatic nitrogens is 2. The number of carbonyl (C=O) groups excluding carboxylic acids is 1. The molecule has 100 valence electrons. The predicted molar refractivity (Wildman–Crippen MR) is 79.5 cm³/mol. The van der Waals surface area contributed by atoms with Gasteiger partial charge in [0.2, 0.25) is 5.78 Å². The summed E-state index contributed by atoms with van der Waals surface area (Å²) in [6.07, 6.45) is 2.38. The Morgan fingerprint density at radius 2 is 2.26 bits per heavy atom. The van der Waals surface area contributed by atoms with Crippen molar-refractivity contribution in [1.82, 2.24) is 9.78 Å². The van der Waals surface area contributed by atoms with Crippen LogP contribution in [0.15, 0.2) is 28.9 Å². The zero-order chi connectivity index (χ0) is 14.0. The highest BCUT2D eigenvalue weighted by atomic mass is 79.9. The van der Waals surface area contributed by atoms with Gasteiger partial charge in [-0.3, -0.25) is 9.48 Å². The van der Waals surface area contributed by atoms with Crippen molar-refractivity contribution in [1.29, 1.82) is 0 Å². The molecule has 19 heavy (non-hydrogen) atoms. The average molecular weight is 343 g/mol. The largest absolute Gasteiger partial charge is 0.398 e. The third-order valence-electron chi connectivity index (χ3n) is 2.71. The topological polar surface area (TPSA) is 60.9 Å². The standard InChI is InChI=1S/C13H13BrClN3O/c1-2-5-18-12(10(15)7-17-18)13(19)8-3-4-11(16)9(14)6-8/h3-4,6-7H,2,5,16H2,1H3. The molecule has 0 radical (unpaired) electrons. The second kappa shape index (κ2) is 5.75. The van der Waals surface area contributed by atoms with Gasteiger partial charge in [0.05, 0.1) is 11.2 Å². The summed E-state index contributed by atoms with van der Waals surface area (Å²) < 4.78 is 2.32. The Labute approximate surface area is 124 Å². The number of nitrogens with zero attached hydrogens (tertiary/aromatic N) is 2. The van der Waals surface area contributed by atoms with Crippen molar-refractivity contribution in [3.8, 4) is 0 Å². The molecule has 1 heterocycles. The molecule has 0 aliphatic carbocycles. The van der Waals surface area contributed by atoms with E-state index in [2.05, 4.69) is 21.0 Å². The lowest BCUT2D eigenvalue weighted by molar-refractivity contribution is 0.102. The van der Waals surface area contributed by atoms with E-state index in [1.165, 1.54) is 6.20 Å². The van der Waals surface area contributed by atoms with E-state index in [1.54, 1.807) is 22.9 Å². The molecule has 0 spiro atoms. The van der Waals surface area contributed by atoms with E-state index in [4.69, 9.17) is 17.3 Å². The van der Waals surface area contributed by atoms with Gasteiger partial charge in [0.25, 0.3) is 0 Å². The number of nitrogens with two attached hydrogens (primary N) is 1. The summed E-state index contributed by atoms with van der Waals surface area (Å²) in [7, 11) is 0. The number of halogens is 2. The number of hydrogen-bond donors (Lipinski definition) is 1. The van der Waals surface area contributed by atoms with Crippen LogP contribution in [0.25, 0.3) is 0 Å². The number of hydrogen-bond acceptors (Lipinski definition) is 3. The molecule has 0 atom stereocenters. The molecule has 0 saturated heterocycles. The fourth-order valence-electron chi connectivity index (χ4n) is 1.77. The monoisotopic (exact) mass is 341 g/mol. The van der Waals surface area contributed by atoms with Gasteiger partial charge in [-0.2, -0.15) is 5.10 Å². The summed E-state index contributed by atoms with van der Waals surface area (Å²) in [5.74, 6) is -0.156. The second-order valence-electron chi connectivity index (χ2n) is 4.13. The third-order valence-corrected chi connectivity index (χ3v) is 3.67. The van der Waals surface area contributed by atoms with Gasteiger partial charge in [-0.15, -0.1) is 0 Å². The second-order valence-corrected chi connectivity index (χ2v) is 5.39. The van der Waals surface area contributed by atoms with Gasteiger partial charge < -0.3 is 5.73 Å². The Morgan fingerprint density at radius 3 is 2.89 bits per heavy atom. The SMILES string of the molecule is CCCn1ncc(Cl)c1C(=O)c1ccc(N)c(Br)c1. The molecule has 6 heteroatoms. The van der Waals surface area contributed by atoms with Crippen LogP contribution in [0.5, 0.6) is 0 Å². The Morgan fingerprint density at radius 1 is 1.53 bits per heavy atom. The van der Waals surface area contributed by atoms with Crippen LogP contribution >= 0.6 is 27.5 Å². The number of ketones is 1. The molecule has 2 N–H and O–H groups in total. The Bertz CT molecular complexity index is 624. The molecular weight excluding hydrogens is 330 g/mol. The van der Waals surface area contributed by atoms with E-state index in [0.29, 0.717) is 33.0 Å². The number of anilines is 1. The molecule has 0 unspecified atom stereocenters. The maximum absolute atomic E-state index is 12.5. The lowest BCUT2D eigenvalue weighted by Crippen LogP contribution is -2.12. The van der Waals surface area contributed by atoms with Crippen LogP contribution in [0, 0.1) is 0 Å². The highest BCUT2D eigenvalue weighted by Crippen LogP contribution is 2.24. The van der Waals surface area contributed by atoms with Crippen LogP contribution in [0.4, 0.5) is 5.69 Å². The smallest absolute Gasteiger partial charge is 0.212 e. The summed E-state index contributed by atoms with van der Waals surface area (Å²) >= 11 is 9.37. The van der Waals surface area contributed by atoms with Gasteiger partial charge in [0, 0.05) is 22.3 Å². The Kier molecular flexibility index (Phi) is 4.27. The van der Waals surface area contributed by atoms with E-state index in [-0.39, 0.29) is 5.78 Å². The summed E-state index contributed by atoms with van der Waals surface area (Å²) in [4.78, 5) is 12.5. The number of benzene rings is 1. The van der Waals surface area contributed by atoms with Gasteiger partial charge >= 0.3 is 0 Å². The zero-order valence-corrected chi connectivity index (χ0v) is 12.7. The normalized spacial score (nSPS) is 10.7. The Hall–Kier alpha value is -1.33. The number of carbonyl (C=O) groups is 1. The molecule has 2 rings (SSSR count). The van der Waals surface area contributed by atoms with E-state index in [1.807, 2.05) is 6.92 Å². The quantitative estimate of drug-likeness (QED) is 0.683. The minimum Gasteiger partial charge on any atom is -0.398 e. The minimum absolute atomic E-state index is 0.156. The molecule has 0 amide bonds. The van der Waals surface area contributed by atoms with Crippen LogP contribution in [-0.2, 0) is 6.54 Å². The van der Waals surface area contributed by atoms with Gasteiger partial charge in [0.1, 0.15) is 5.69 Å². The zero-order valence-electron chi connectivity index (χ0n) is 10.4. The highest BCUT2D eigenvalue weighted by Gasteiger charge is 2.19. The van der Waals surface area contributed by atoms with E-state index in [9.17, 15) is 4.79 Å². The van der Waals surface area contributed by atoms with Gasteiger partial charge in [-0.25, -0.2) is 0 Å². The number of rotatable bonds is 4. The third kappa shape index (κ3) is 2.82. The van der Waals surface area contributed by atoms with Crippen LogP contribution in [-0.4, -0.2) is 15.6 Å². The molecule has 4 nitrogen and oxygen atoms in total. The van der Waals surface area contributed by atoms with Crippen molar-refractivity contribution in [2.24, 2.45) is 0 Å². The van der Waals surface area contributed by atoms with Crippen molar-refractivity contribution in [2.45, 2.75) is 19.9 Å². The number of aryl methyl sites for hydroxylation is 1. The molecule has 0 bridgehead atoms. The molecule has 2 aromatic rings. The van der Waals surface area contributed by atoms with Crippen molar-refractivity contribution in [3.63, 3.8) is 0 Å². The predicted octanol–water partition coefficient (Wildman–Crippen LogP) is 3.52. The Balaban J connectivity index is 2.43.